The van der Waals surface area contributed by atoms with Gasteiger partial charge in [0.2, 0.25) is 5.95 Å². The summed E-state index contributed by atoms with van der Waals surface area (Å²) in [7, 11) is 0. The second-order valence-electron chi connectivity index (χ2n) is 9.19. The van der Waals surface area contributed by atoms with Crippen molar-refractivity contribution in [3.05, 3.63) is 83.9 Å². The molecule has 1 aromatic heterocycles. The first-order valence-electron chi connectivity index (χ1n) is 12.3. The first kappa shape index (κ1) is 29.7. The number of aromatic nitrogens is 3. The minimum absolute atomic E-state index is 0.00992. The van der Waals surface area contributed by atoms with Crippen LogP contribution in [0, 0.1) is 0 Å². The molecule has 0 radical (unpaired) electrons. The van der Waals surface area contributed by atoms with Crippen LogP contribution < -0.4 is 26.6 Å². The van der Waals surface area contributed by atoms with Crippen molar-refractivity contribution in [2.24, 2.45) is 0 Å². The van der Waals surface area contributed by atoms with Gasteiger partial charge in [-0.05, 0) is 59.6 Å². The van der Waals surface area contributed by atoms with Gasteiger partial charge in [0.1, 0.15) is 5.75 Å². The highest BCUT2D eigenvalue weighted by Gasteiger charge is 2.61. The monoisotopic (exact) mass is 591 g/mol. The van der Waals surface area contributed by atoms with E-state index in [2.05, 4.69) is 44.8 Å². The molecular formula is C27H26F5N7OS. The number of ether oxygens (including phenoxy) is 1. The quantitative estimate of drug-likeness (QED) is 0.104. The zero-order chi connectivity index (χ0) is 29.8. The molecule has 0 saturated heterocycles. The maximum atomic E-state index is 13.1. The molecule has 0 aliphatic heterocycles. The molecule has 0 aliphatic rings. The number of para-hydroxylation sites is 1. The Morgan fingerprint density at radius 1 is 0.976 bits per heavy atom. The molecule has 14 heteroatoms. The fourth-order valence-corrected chi connectivity index (χ4v) is 3.95. The number of benzene rings is 3. The summed E-state index contributed by atoms with van der Waals surface area (Å²) in [5.41, 5.74) is 16.0. The summed E-state index contributed by atoms with van der Waals surface area (Å²) in [6.07, 6.45) is -11.2. The van der Waals surface area contributed by atoms with Crippen molar-refractivity contribution in [2.45, 2.75) is 38.6 Å². The van der Waals surface area contributed by atoms with Crippen molar-refractivity contribution >= 4 is 29.0 Å². The van der Waals surface area contributed by atoms with Gasteiger partial charge in [-0.3, -0.25) is 5.43 Å². The smallest absolute Gasteiger partial charge is 0.426 e. The summed E-state index contributed by atoms with van der Waals surface area (Å²) in [5, 5.41) is 7.94. The van der Waals surface area contributed by atoms with Crippen molar-refractivity contribution < 1.29 is 26.7 Å². The SMILES string of the molecule is CC(C)c1ccccc1NC(=S)NNCc1ccc(-c2nc(N)n(-c3ccc(OC(F)(F)C(F)(F)F)cc3)n2)cc1. The third kappa shape index (κ3) is 7.27. The number of alkyl halides is 5. The lowest BCUT2D eigenvalue weighted by molar-refractivity contribution is -0.360. The third-order valence-corrected chi connectivity index (χ3v) is 6.03. The average Bonchev–Trinajstić information content (AvgIpc) is 3.30. The fraction of sp³-hybridized carbons (Fsp3) is 0.222. The molecule has 0 bridgehead atoms. The van der Waals surface area contributed by atoms with Gasteiger partial charge in [0.05, 0.1) is 5.69 Å². The first-order chi connectivity index (χ1) is 19.3. The van der Waals surface area contributed by atoms with Crippen LogP contribution in [-0.2, 0) is 6.54 Å². The normalized spacial score (nSPS) is 11.9. The summed E-state index contributed by atoms with van der Waals surface area (Å²) in [6, 6.07) is 19.6. The van der Waals surface area contributed by atoms with Crippen LogP contribution in [0.2, 0.25) is 0 Å². The van der Waals surface area contributed by atoms with Crippen molar-refractivity contribution in [3.63, 3.8) is 0 Å². The number of nitrogens with zero attached hydrogens (tertiary/aromatic N) is 3. The van der Waals surface area contributed by atoms with E-state index < -0.39 is 18.0 Å². The van der Waals surface area contributed by atoms with Gasteiger partial charge in [0.15, 0.2) is 10.9 Å². The van der Waals surface area contributed by atoms with Crippen LogP contribution in [0.1, 0.15) is 30.9 Å². The Kier molecular flexibility index (Phi) is 8.73. The molecule has 3 aromatic carbocycles. The molecule has 4 rings (SSSR count). The van der Waals surface area contributed by atoms with Gasteiger partial charge in [-0.1, -0.05) is 56.3 Å². The number of thiocarbonyl (C=S) groups is 1. The molecule has 1 heterocycles. The third-order valence-electron chi connectivity index (χ3n) is 5.83. The van der Waals surface area contributed by atoms with Crippen LogP contribution in [0.25, 0.3) is 17.1 Å². The van der Waals surface area contributed by atoms with Gasteiger partial charge < -0.3 is 15.8 Å². The Balaban J connectivity index is 1.34. The first-order valence-corrected chi connectivity index (χ1v) is 12.7. The van der Waals surface area contributed by atoms with E-state index in [1.54, 1.807) is 12.1 Å². The second-order valence-corrected chi connectivity index (χ2v) is 9.60. The number of nitrogens with two attached hydrogens (primary N) is 1. The molecule has 8 nitrogen and oxygen atoms in total. The zero-order valence-electron chi connectivity index (χ0n) is 21.8. The van der Waals surface area contributed by atoms with Crippen molar-refractivity contribution in [1.82, 2.24) is 25.6 Å². The second kappa shape index (κ2) is 12.1. The number of rotatable bonds is 9. The Hall–Kier alpha value is -4.30. The van der Waals surface area contributed by atoms with Gasteiger partial charge in [-0.2, -0.15) is 31.6 Å². The number of nitrogen functional groups attached to an aromatic ring is 1. The Morgan fingerprint density at radius 3 is 2.27 bits per heavy atom. The predicted octanol–water partition coefficient (Wildman–Crippen LogP) is 6.17. The number of hydrogen-bond acceptors (Lipinski definition) is 6. The summed E-state index contributed by atoms with van der Waals surface area (Å²) < 4.78 is 68.4. The van der Waals surface area contributed by atoms with Crippen LogP contribution in [0.3, 0.4) is 0 Å². The molecule has 0 atom stereocenters. The molecule has 0 saturated carbocycles. The number of hydrazine groups is 1. The molecule has 5 N–H and O–H groups in total. The maximum Gasteiger partial charge on any atom is 0.499 e. The van der Waals surface area contributed by atoms with E-state index in [9.17, 15) is 22.0 Å². The maximum absolute atomic E-state index is 13.1. The van der Waals surface area contributed by atoms with Crippen LogP contribution in [0.4, 0.5) is 33.6 Å². The van der Waals surface area contributed by atoms with Crippen LogP contribution in [-0.4, -0.2) is 32.2 Å². The lowest BCUT2D eigenvalue weighted by Gasteiger charge is -2.20. The number of hydrogen-bond donors (Lipinski definition) is 4. The zero-order valence-corrected chi connectivity index (χ0v) is 22.7. The molecule has 0 fully saturated rings. The van der Waals surface area contributed by atoms with E-state index in [0.717, 1.165) is 28.9 Å². The largest absolute Gasteiger partial charge is 0.499 e. The van der Waals surface area contributed by atoms with Crippen molar-refractivity contribution in [2.75, 3.05) is 11.1 Å². The highest BCUT2D eigenvalue weighted by molar-refractivity contribution is 7.80. The highest BCUT2D eigenvalue weighted by atomic mass is 32.1. The Bertz CT molecular complexity index is 1490. The summed E-state index contributed by atoms with van der Waals surface area (Å²) >= 11 is 5.38. The fourth-order valence-electron chi connectivity index (χ4n) is 3.76. The molecular weight excluding hydrogens is 565 g/mol. The topological polar surface area (TPSA) is 102 Å². The summed E-state index contributed by atoms with van der Waals surface area (Å²) in [4.78, 5) is 4.22. The predicted molar refractivity (Wildman–Crippen MR) is 150 cm³/mol. The standard InChI is InChI=1S/C27H26F5N7OS/c1-16(2)21-5-3-4-6-22(21)35-25(41)37-34-15-17-7-9-18(10-8-17)23-36-24(33)39(38-23)19-11-13-20(14-12-19)40-27(31,32)26(28,29)30/h3-14,16,34H,15H2,1-2H3,(H2,33,36,38)(H2,35,37,41). The molecule has 4 aromatic rings. The van der Waals surface area contributed by atoms with Crippen LogP contribution in [0.15, 0.2) is 72.8 Å². The number of nitrogens with one attached hydrogen (secondary N) is 3. The lowest BCUT2D eigenvalue weighted by atomic mass is 10.0. The number of anilines is 2. The van der Waals surface area contributed by atoms with Crippen molar-refractivity contribution in [1.29, 1.82) is 0 Å². The highest BCUT2D eigenvalue weighted by Crippen LogP contribution is 2.37. The Labute approximate surface area is 237 Å². The van der Waals surface area contributed by atoms with Gasteiger partial charge in [-0.15, -0.1) is 5.10 Å². The van der Waals surface area contributed by atoms with Crippen molar-refractivity contribution in [3.8, 4) is 22.8 Å². The summed E-state index contributed by atoms with van der Waals surface area (Å²) in [5.74, 6) is -0.0556. The van der Waals surface area contributed by atoms with Gasteiger partial charge in [0.25, 0.3) is 0 Å². The average molecular weight is 592 g/mol. The summed E-state index contributed by atoms with van der Waals surface area (Å²) in [6.45, 7) is 4.67. The van der Waals surface area contributed by atoms with Gasteiger partial charge >= 0.3 is 12.3 Å². The molecule has 0 unspecified atom stereocenters. The number of halogens is 5. The lowest BCUT2D eigenvalue weighted by Crippen LogP contribution is -2.41. The Morgan fingerprint density at radius 2 is 1.63 bits per heavy atom. The minimum Gasteiger partial charge on any atom is -0.426 e. The van der Waals surface area contributed by atoms with E-state index in [-0.39, 0.29) is 11.6 Å². The van der Waals surface area contributed by atoms with Gasteiger partial charge in [-0.25, -0.2) is 5.43 Å². The van der Waals surface area contributed by atoms with E-state index in [0.29, 0.717) is 29.0 Å². The van der Waals surface area contributed by atoms with Crippen LogP contribution >= 0.6 is 12.2 Å². The minimum atomic E-state index is -5.84. The molecule has 0 amide bonds. The molecule has 0 aliphatic carbocycles. The molecule has 216 valence electrons. The van der Waals surface area contributed by atoms with E-state index >= 15 is 0 Å². The van der Waals surface area contributed by atoms with Crippen LogP contribution in [0.5, 0.6) is 5.75 Å². The van der Waals surface area contributed by atoms with Gasteiger partial charge in [0, 0.05) is 17.8 Å². The molecule has 41 heavy (non-hydrogen) atoms. The van der Waals surface area contributed by atoms with E-state index in [1.807, 2.05) is 36.4 Å². The van der Waals surface area contributed by atoms with E-state index in [4.69, 9.17) is 18.0 Å². The van der Waals surface area contributed by atoms with E-state index in [1.165, 1.54) is 16.8 Å². The molecule has 0 spiro atoms.